The molecule has 0 aliphatic heterocycles. The highest BCUT2D eigenvalue weighted by molar-refractivity contribution is 6.47. The fourth-order valence-electron chi connectivity index (χ4n) is 16.7. The van der Waals surface area contributed by atoms with Crippen LogP contribution >= 0.6 is 175 Å². The summed E-state index contributed by atoms with van der Waals surface area (Å²) < 4.78 is 20.5. The number of carbonyl (C=O) groups excluding carboxylic acids is 7. The number of hydrogen-bond acceptors (Lipinski definition) is 14. The number of nitrogen functional groups attached to an aromatic ring is 1. The molecule has 0 saturated heterocycles. The second-order valence-electron chi connectivity index (χ2n) is 34.6. The molecule has 0 amide bonds. The number of hydrazine groups is 1. The third-order valence-electron chi connectivity index (χ3n) is 22.1. The first-order valence-electron chi connectivity index (χ1n) is 41.1. The highest BCUT2D eigenvalue weighted by atomic mass is 35.5. The Hall–Kier alpha value is -7.10. The van der Waals surface area contributed by atoms with Gasteiger partial charge in [-0.05, 0) is 277 Å². The highest BCUT2D eigenvalue weighted by Gasteiger charge is 2.37. The summed E-state index contributed by atoms with van der Waals surface area (Å²) in [4.78, 5) is 96.9. The van der Waals surface area contributed by atoms with Gasteiger partial charge in [-0.25, -0.2) is 28.1 Å². The first kappa shape index (κ1) is 99.9. The number of nitrogens with two attached hydrogens (primary N) is 3. The van der Waals surface area contributed by atoms with E-state index in [1.165, 1.54) is 35.6 Å². The number of nitrogens with zero attached hydrogens (tertiary/aromatic N) is 3. The van der Waals surface area contributed by atoms with E-state index >= 15 is 0 Å². The van der Waals surface area contributed by atoms with E-state index in [9.17, 15) is 33.6 Å². The summed E-state index contributed by atoms with van der Waals surface area (Å²) in [5.74, 6) is 5.12. The quantitative estimate of drug-likeness (QED) is 0.0457. The molecular weight excluding hydrogens is 1950 g/mol. The van der Waals surface area contributed by atoms with Gasteiger partial charge in [-0.3, -0.25) is 25.0 Å². The molecule has 0 spiro atoms. The lowest BCUT2D eigenvalue weighted by Gasteiger charge is -2.21. The van der Waals surface area contributed by atoms with Gasteiger partial charge in [-0.1, -0.05) is 162 Å². The zero-order valence-electron chi connectivity index (χ0n) is 70.9. The molecule has 20 nitrogen and oxygen atoms in total. The van der Waals surface area contributed by atoms with Gasteiger partial charge in [0.25, 0.3) is 0 Å². The van der Waals surface area contributed by atoms with Gasteiger partial charge in [0.1, 0.15) is 16.8 Å². The number of ketones is 4. The molecule has 0 radical (unpaired) electrons. The second-order valence-corrected chi connectivity index (χ2v) is 40.2. The molecule has 6 aliphatic rings. The van der Waals surface area contributed by atoms with Gasteiger partial charge in [0.2, 0.25) is 0 Å². The van der Waals surface area contributed by atoms with E-state index in [4.69, 9.17) is 194 Å². The molecular formula is C93H91Cl15N10O10. The van der Waals surface area contributed by atoms with Crippen molar-refractivity contribution in [2.75, 3.05) is 5.43 Å². The fraction of sp³-hybridized carbons (Fsp3) is 0.344. The molecule has 13 aromatic rings. The molecule has 128 heavy (non-hydrogen) atoms. The highest BCUT2D eigenvalue weighted by Crippen LogP contribution is 2.45. The van der Waals surface area contributed by atoms with Gasteiger partial charge in [0.05, 0.1) is 115 Å². The van der Waals surface area contributed by atoms with Crippen molar-refractivity contribution in [3.8, 4) is 0 Å². The Labute approximate surface area is 814 Å². The number of aromatic amines is 3. The van der Waals surface area contributed by atoms with E-state index < -0.39 is 35.1 Å². The first-order valence-corrected chi connectivity index (χ1v) is 46.4. The summed E-state index contributed by atoms with van der Waals surface area (Å²) in [6.07, 6.45) is 12.9. The van der Waals surface area contributed by atoms with Crippen molar-refractivity contribution < 1.29 is 47.8 Å². The minimum Gasteiger partial charge on any atom is -0.443 e. The maximum Gasteiger partial charge on any atom is 0.419 e. The van der Waals surface area contributed by atoms with Crippen LogP contribution in [0.3, 0.4) is 0 Å². The molecule has 0 fully saturated rings. The minimum absolute atomic E-state index is 0. The number of H-pyrrole nitrogens is 3. The lowest BCUT2D eigenvalue weighted by atomic mass is 9.92. The minimum atomic E-state index is -0.658. The number of aromatic nitrogens is 6. The number of aryl methyl sites for hydroxylation is 6. The number of anilines is 1. The largest absolute Gasteiger partial charge is 0.443 e. The topological polar surface area (TPSA) is 299 Å². The summed E-state index contributed by atoms with van der Waals surface area (Å²) in [5.41, 5.74) is 28.5. The molecule has 6 heterocycles. The van der Waals surface area contributed by atoms with Crippen LogP contribution in [0.5, 0.6) is 0 Å². The molecule has 19 rings (SSSR count). The van der Waals surface area contributed by atoms with Crippen molar-refractivity contribution in [3.05, 3.63) is 229 Å². The van der Waals surface area contributed by atoms with Crippen LogP contribution in [0, 0.1) is 0 Å². The molecule has 10 N–H and O–H groups in total. The molecule has 7 aromatic carbocycles. The van der Waals surface area contributed by atoms with Crippen molar-refractivity contribution in [3.63, 3.8) is 0 Å². The number of benzene rings is 7. The van der Waals surface area contributed by atoms with Gasteiger partial charge in [0.15, 0.2) is 23.1 Å². The number of Topliss-reactive ketones (excluding diaryl/α,β-unsaturated/α-hetero) is 4. The molecule has 2 atom stereocenters. The zero-order valence-corrected chi connectivity index (χ0v) is 82.3. The molecule has 0 saturated carbocycles. The Balaban J connectivity index is 0.000000137. The Kier molecular flexibility index (Phi) is 31.8. The van der Waals surface area contributed by atoms with Crippen LogP contribution in [0.1, 0.15) is 238 Å². The van der Waals surface area contributed by atoms with Gasteiger partial charge in [0, 0.05) is 98.0 Å². The average molecular weight is 2040 g/mol. The fourth-order valence-corrected chi connectivity index (χ4v) is 19.1. The Morgan fingerprint density at radius 2 is 0.664 bits per heavy atom. The van der Waals surface area contributed by atoms with Crippen LogP contribution < -0.4 is 22.7 Å². The van der Waals surface area contributed by atoms with Crippen molar-refractivity contribution in [1.82, 2.24) is 28.7 Å². The lowest BCUT2D eigenvalue weighted by molar-refractivity contribution is 0.0525. The van der Waals surface area contributed by atoms with Crippen LogP contribution in [0.4, 0.5) is 20.1 Å². The van der Waals surface area contributed by atoms with Crippen LogP contribution in [0.25, 0.3) is 65.4 Å². The molecule has 2 unspecified atom stereocenters. The van der Waals surface area contributed by atoms with E-state index in [-0.39, 0.29) is 47.6 Å². The van der Waals surface area contributed by atoms with E-state index in [2.05, 4.69) is 20.4 Å². The van der Waals surface area contributed by atoms with Crippen molar-refractivity contribution in [2.45, 2.75) is 207 Å². The number of rotatable bonds is 1. The molecule has 6 aromatic heterocycles. The van der Waals surface area contributed by atoms with Crippen molar-refractivity contribution in [2.24, 2.45) is 17.3 Å². The van der Waals surface area contributed by atoms with Gasteiger partial charge in [-0.2, -0.15) is 0 Å². The number of ether oxygens (including phenoxy) is 3. The average Bonchev–Trinajstić information content (AvgIpc) is 1.59. The first-order chi connectivity index (χ1) is 59.8. The lowest BCUT2D eigenvalue weighted by Crippen LogP contribution is -2.29. The number of fused-ring (bicyclic) bond motifs is 18. The number of nitrogens with one attached hydrogen (secondary N) is 4. The summed E-state index contributed by atoms with van der Waals surface area (Å²) >= 11 is 84.3. The van der Waals surface area contributed by atoms with E-state index in [1.54, 1.807) is 123 Å². The monoisotopic (exact) mass is 2030 g/mol. The number of carbonyl (C=O) groups is 7. The van der Waals surface area contributed by atoms with Crippen molar-refractivity contribution >= 4 is 287 Å². The smallest absolute Gasteiger partial charge is 0.419 e. The predicted octanol–water partition coefficient (Wildman–Crippen LogP) is 30.1. The van der Waals surface area contributed by atoms with Gasteiger partial charge >= 0.3 is 18.3 Å². The zero-order chi connectivity index (χ0) is 92.2. The predicted molar refractivity (Wildman–Crippen MR) is 526 cm³/mol. The van der Waals surface area contributed by atoms with E-state index in [1.807, 2.05) is 30.3 Å². The summed E-state index contributed by atoms with van der Waals surface area (Å²) in [7, 11) is 0. The Bertz CT molecular complexity index is 6330. The number of halogens is 15. The summed E-state index contributed by atoms with van der Waals surface area (Å²) in [5, 5.41) is 12.3. The molecule has 35 heteroatoms. The van der Waals surface area contributed by atoms with Crippen LogP contribution in [-0.4, -0.2) is 86.9 Å². The summed E-state index contributed by atoms with van der Waals surface area (Å²) in [6, 6.07) is 26.6. The van der Waals surface area contributed by atoms with E-state index in [0.717, 1.165) is 161 Å². The van der Waals surface area contributed by atoms with Crippen LogP contribution in [0.15, 0.2) is 91.0 Å². The van der Waals surface area contributed by atoms with Crippen LogP contribution in [-0.2, 0) is 52.7 Å². The van der Waals surface area contributed by atoms with Crippen molar-refractivity contribution in [1.29, 1.82) is 0 Å². The third kappa shape index (κ3) is 21.7. The summed E-state index contributed by atoms with van der Waals surface area (Å²) in [6.45, 7) is 16.1. The molecule has 0 bridgehead atoms. The van der Waals surface area contributed by atoms with Gasteiger partial charge in [-0.15, -0.1) is 12.4 Å². The SMILES string of the molecule is CC(C)(C)OC(=O)n1c2c(c3c(Cl)c(Cl)ccc31)CCCC2=O.CC(C)(C)OC(=O)n1c2c(c3cc(Cl)c(Cl)cc31)CCCC2=O.CC(C)(C)OC(=O)n1c2c(c3cc(Cl)c(Cl)cc31)CCCC2=O.Cl.NC1CCCc2c1[nH]c1cc(Cl)c(Cl)cc21.NC1CCCc2c1[nH]c1cc(Cl)c(Cl)cc21.NNc1ccc(Cl)c(Cl)c1.O=C1CCCc2c1[nH]c1cc(Cl)c(Cl)cc21. The Morgan fingerprint density at radius 3 is 1.05 bits per heavy atom. The second kappa shape index (κ2) is 40.8. The maximum absolute atomic E-state index is 12.7. The Morgan fingerprint density at radius 1 is 0.352 bits per heavy atom. The normalized spacial score (nSPS) is 15.7. The molecule has 678 valence electrons. The maximum atomic E-state index is 12.7. The third-order valence-corrected chi connectivity index (χ3v) is 27.2. The molecule has 6 aliphatic carbocycles. The van der Waals surface area contributed by atoms with E-state index in [0.29, 0.717) is 141 Å². The standard InChI is InChI=1S/3C17H17Cl2NO3.2C12H12Cl2N2.C12H9Cl2NO.C6H6Cl2N2.ClH/c2*1-17(2,3)23-16(22)20-13-8-12(19)11(18)7-10(13)9-5-4-6-14(21)15(9)20;1-17(2,3)23-16(22)20-11-8-7-10(18)14(19)13(11)9-5-4-6-12(21)15(9)20;2*13-8-4-7-6-2-1-3-10(15)12(6)16-11(7)5-9(8)14;13-8-4-7-6-2-1-3-11(16)12(6)15-10(7)5-9(8)14;7-5-2-1-4(10-9)3-6(5)8;/h3*7-8H,4-6H2,1-3H3;2*4-5,10,16H,1-3,15H2;4-5,15H,1-3H2;1-3,10H,9H2;1H. The van der Waals surface area contributed by atoms with Crippen LogP contribution in [0.2, 0.25) is 70.3 Å². The number of hydrogen-bond donors (Lipinski definition) is 7. The van der Waals surface area contributed by atoms with Gasteiger partial charge < -0.3 is 46.1 Å².